The van der Waals surface area contributed by atoms with Gasteiger partial charge in [-0.2, -0.15) is 5.26 Å². The fourth-order valence-corrected chi connectivity index (χ4v) is 2.64. The van der Waals surface area contributed by atoms with Crippen molar-refractivity contribution in [3.05, 3.63) is 52.5 Å². The average Bonchev–Trinajstić information content (AvgIpc) is 2.61. The highest BCUT2D eigenvalue weighted by molar-refractivity contribution is 6.31. The van der Waals surface area contributed by atoms with E-state index in [4.69, 9.17) is 21.6 Å². The van der Waals surface area contributed by atoms with Crippen LogP contribution in [0, 0.1) is 11.3 Å². The van der Waals surface area contributed by atoms with Crippen molar-refractivity contribution in [1.82, 2.24) is 0 Å². The molecule has 3 rings (SSSR count). The Morgan fingerprint density at radius 2 is 2.12 bits per heavy atom. The second-order valence-corrected chi connectivity index (χ2v) is 5.92. The average molecular weight is 356 g/mol. The summed E-state index contributed by atoms with van der Waals surface area (Å²) >= 11 is 5.86. The molecule has 0 radical (unpaired) electrons. The van der Waals surface area contributed by atoms with Crippen LogP contribution in [0.3, 0.4) is 0 Å². The van der Waals surface area contributed by atoms with Gasteiger partial charge < -0.3 is 15.4 Å². The maximum atomic E-state index is 12.0. The number of amides is 2. The first-order valence-corrected chi connectivity index (χ1v) is 7.98. The highest BCUT2D eigenvalue weighted by Gasteiger charge is 2.15. The van der Waals surface area contributed by atoms with Crippen LogP contribution in [0.25, 0.3) is 0 Å². The summed E-state index contributed by atoms with van der Waals surface area (Å²) in [6.07, 6.45) is 1.08. The molecule has 2 aromatic carbocycles. The summed E-state index contributed by atoms with van der Waals surface area (Å²) in [5.74, 6) is 0.205. The molecule has 0 unspecified atom stereocenters. The van der Waals surface area contributed by atoms with Crippen molar-refractivity contribution in [2.75, 3.05) is 17.2 Å². The summed E-state index contributed by atoms with van der Waals surface area (Å²) in [5.41, 5.74) is 2.52. The maximum absolute atomic E-state index is 12.0. The van der Waals surface area contributed by atoms with Crippen molar-refractivity contribution < 1.29 is 14.3 Å². The van der Waals surface area contributed by atoms with Crippen LogP contribution >= 0.6 is 11.6 Å². The molecule has 2 amide bonds. The van der Waals surface area contributed by atoms with E-state index in [0.717, 1.165) is 11.3 Å². The summed E-state index contributed by atoms with van der Waals surface area (Å²) in [6.45, 7) is -0.171. The number of nitriles is 1. The van der Waals surface area contributed by atoms with Gasteiger partial charge in [0, 0.05) is 17.8 Å². The van der Waals surface area contributed by atoms with Crippen LogP contribution in [-0.4, -0.2) is 18.4 Å². The second kappa shape index (κ2) is 7.24. The van der Waals surface area contributed by atoms with E-state index < -0.39 is 0 Å². The van der Waals surface area contributed by atoms with Gasteiger partial charge in [-0.05, 0) is 48.4 Å². The topological polar surface area (TPSA) is 91.2 Å². The van der Waals surface area contributed by atoms with E-state index in [1.54, 1.807) is 24.3 Å². The zero-order valence-electron chi connectivity index (χ0n) is 13.1. The van der Waals surface area contributed by atoms with Crippen molar-refractivity contribution in [3.63, 3.8) is 0 Å². The first kappa shape index (κ1) is 16.8. The highest BCUT2D eigenvalue weighted by Crippen LogP contribution is 2.26. The van der Waals surface area contributed by atoms with Crippen LogP contribution < -0.4 is 15.4 Å². The molecule has 0 atom stereocenters. The van der Waals surface area contributed by atoms with Gasteiger partial charge in [0.2, 0.25) is 5.91 Å². The Labute approximate surface area is 149 Å². The van der Waals surface area contributed by atoms with E-state index in [1.165, 1.54) is 6.07 Å². The summed E-state index contributed by atoms with van der Waals surface area (Å²) in [6, 6.07) is 11.9. The molecule has 0 saturated heterocycles. The summed E-state index contributed by atoms with van der Waals surface area (Å²) in [7, 11) is 0. The number of nitrogens with one attached hydrogen (secondary N) is 2. The molecule has 1 heterocycles. The molecular formula is C18H14ClN3O3. The predicted molar refractivity (Wildman–Crippen MR) is 93.7 cm³/mol. The lowest BCUT2D eigenvalue weighted by Crippen LogP contribution is -2.21. The van der Waals surface area contributed by atoms with Crippen LogP contribution in [0.2, 0.25) is 5.02 Å². The second-order valence-electron chi connectivity index (χ2n) is 5.51. The van der Waals surface area contributed by atoms with Crippen LogP contribution in [0.5, 0.6) is 5.75 Å². The van der Waals surface area contributed by atoms with Gasteiger partial charge in [0.1, 0.15) is 11.8 Å². The van der Waals surface area contributed by atoms with E-state index in [2.05, 4.69) is 10.6 Å². The minimum absolute atomic E-state index is 0.000231. The molecule has 2 aromatic rings. The van der Waals surface area contributed by atoms with E-state index in [-0.39, 0.29) is 24.0 Å². The first-order valence-electron chi connectivity index (χ1n) is 7.60. The van der Waals surface area contributed by atoms with Gasteiger partial charge in [-0.15, -0.1) is 0 Å². The zero-order chi connectivity index (χ0) is 17.8. The zero-order valence-corrected chi connectivity index (χ0v) is 13.9. The molecule has 0 fully saturated rings. The fraction of sp³-hybridized carbons (Fsp3) is 0.167. The van der Waals surface area contributed by atoms with E-state index >= 15 is 0 Å². The Hall–Kier alpha value is -3.04. The van der Waals surface area contributed by atoms with E-state index in [0.29, 0.717) is 29.3 Å². The van der Waals surface area contributed by atoms with Gasteiger partial charge in [-0.3, -0.25) is 9.59 Å². The lowest BCUT2D eigenvalue weighted by molar-refractivity contribution is -0.118. The number of halogens is 1. The number of carbonyl (C=O) groups is 2. The Balaban J connectivity index is 1.59. The lowest BCUT2D eigenvalue weighted by atomic mass is 10.0. The van der Waals surface area contributed by atoms with Gasteiger partial charge in [-0.1, -0.05) is 11.6 Å². The molecule has 25 heavy (non-hydrogen) atoms. The molecule has 0 saturated carbocycles. The van der Waals surface area contributed by atoms with Gasteiger partial charge in [0.05, 0.1) is 10.6 Å². The number of carbonyl (C=O) groups excluding carboxylic acids is 2. The third kappa shape index (κ3) is 4.08. The summed E-state index contributed by atoms with van der Waals surface area (Å²) < 4.78 is 5.50. The Kier molecular flexibility index (Phi) is 4.87. The first-order chi connectivity index (χ1) is 12.0. The molecule has 0 bridgehead atoms. The Bertz CT molecular complexity index is 890. The summed E-state index contributed by atoms with van der Waals surface area (Å²) in [5, 5.41) is 14.7. The minimum atomic E-state index is -0.350. The quantitative estimate of drug-likeness (QED) is 0.881. The SMILES string of the molecule is N#Cc1cc(NC(=O)COc2ccc3c(c2)CCC(=O)N3)ccc1Cl. The van der Waals surface area contributed by atoms with Gasteiger partial charge in [-0.25, -0.2) is 0 Å². The molecular weight excluding hydrogens is 342 g/mol. The molecule has 0 aliphatic carbocycles. The number of ether oxygens (including phenoxy) is 1. The standard InChI is InChI=1S/C18H14ClN3O3/c19-15-4-2-13(7-12(15)9-20)21-18(24)10-25-14-3-5-16-11(8-14)1-6-17(23)22-16/h2-5,7-8H,1,6,10H2,(H,21,24)(H,22,23). The molecule has 2 N–H and O–H groups in total. The number of anilines is 2. The third-order valence-electron chi connectivity index (χ3n) is 3.71. The minimum Gasteiger partial charge on any atom is -0.484 e. The molecule has 7 heteroatoms. The van der Waals surface area contributed by atoms with Gasteiger partial charge >= 0.3 is 0 Å². The molecule has 0 aromatic heterocycles. The number of hydrogen-bond acceptors (Lipinski definition) is 4. The normalized spacial score (nSPS) is 12.6. The van der Waals surface area contributed by atoms with Gasteiger partial charge in [0.15, 0.2) is 6.61 Å². The number of hydrogen-bond donors (Lipinski definition) is 2. The van der Waals surface area contributed by atoms with Crippen molar-refractivity contribution in [3.8, 4) is 11.8 Å². The molecule has 1 aliphatic rings. The fourth-order valence-electron chi connectivity index (χ4n) is 2.48. The largest absolute Gasteiger partial charge is 0.484 e. The number of rotatable bonds is 4. The monoisotopic (exact) mass is 355 g/mol. The van der Waals surface area contributed by atoms with Crippen molar-refractivity contribution in [2.45, 2.75) is 12.8 Å². The van der Waals surface area contributed by atoms with Crippen LogP contribution in [-0.2, 0) is 16.0 Å². The third-order valence-corrected chi connectivity index (χ3v) is 4.04. The molecule has 1 aliphatic heterocycles. The number of benzene rings is 2. The number of nitrogens with zero attached hydrogens (tertiary/aromatic N) is 1. The van der Waals surface area contributed by atoms with E-state index in [1.807, 2.05) is 12.1 Å². The van der Waals surface area contributed by atoms with Crippen molar-refractivity contribution in [1.29, 1.82) is 5.26 Å². The molecule has 0 spiro atoms. The maximum Gasteiger partial charge on any atom is 0.262 e. The predicted octanol–water partition coefficient (Wildman–Crippen LogP) is 3.11. The van der Waals surface area contributed by atoms with Crippen molar-refractivity contribution in [2.24, 2.45) is 0 Å². The van der Waals surface area contributed by atoms with Crippen LogP contribution in [0.4, 0.5) is 11.4 Å². The number of fused-ring (bicyclic) bond motifs is 1. The summed E-state index contributed by atoms with van der Waals surface area (Å²) in [4.78, 5) is 23.3. The Morgan fingerprint density at radius 1 is 1.28 bits per heavy atom. The smallest absolute Gasteiger partial charge is 0.262 e. The Morgan fingerprint density at radius 3 is 2.92 bits per heavy atom. The van der Waals surface area contributed by atoms with Crippen molar-refractivity contribution >= 4 is 34.8 Å². The highest BCUT2D eigenvalue weighted by atomic mass is 35.5. The van der Waals surface area contributed by atoms with Gasteiger partial charge in [0.25, 0.3) is 5.91 Å². The lowest BCUT2D eigenvalue weighted by Gasteiger charge is -2.17. The molecule has 6 nitrogen and oxygen atoms in total. The molecule has 126 valence electrons. The van der Waals surface area contributed by atoms with Crippen LogP contribution in [0.15, 0.2) is 36.4 Å². The van der Waals surface area contributed by atoms with E-state index in [9.17, 15) is 9.59 Å². The number of aryl methyl sites for hydroxylation is 1. The van der Waals surface area contributed by atoms with Crippen LogP contribution in [0.1, 0.15) is 17.5 Å².